The predicted octanol–water partition coefficient (Wildman–Crippen LogP) is 1.91. The monoisotopic (exact) mass is 269 g/mol. The van der Waals surface area contributed by atoms with Crippen molar-refractivity contribution in [1.82, 2.24) is 4.98 Å². The summed E-state index contributed by atoms with van der Waals surface area (Å²) >= 11 is 0. The Morgan fingerprint density at radius 1 is 1.44 bits per heavy atom. The topological polar surface area (TPSA) is 74.7 Å². The maximum absolute atomic E-state index is 11.8. The van der Waals surface area contributed by atoms with E-state index in [9.17, 15) is 10.3 Å². The van der Waals surface area contributed by atoms with Crippen LogP contribution in [-0.2, 0) is 9.53 Å². The van der Waals surface area contributed by atoms with Crippen molar-refractivity contribution >= 4 is 19.5 Å². The minimum atomic E-state index is -2.48. The molecule has 0 saturated heterocycles. The third-order valence-electron chi connectivity index (χ3n) is 3.23. The van der Waals surface area contributed by atoms with Gasteiger partial charge in [0.05, 0.1) is 7.11 Å². The highest BCUT2D eigenvalue weighted by Crippen LogP contribution is 2.31. The Hall–Kier alpha value is -1.23. The van der Waals surface area contributed by atoms with E-state index in [-0.39, 0.29) is 16.4 Å². The van der Waals surface area contributed by atoms with E-state index in [4.69, 9.17) is 4.74 Å². The SMILES string of the molecule is C=CCN[Si](C(=[N+]=[N-])C(=O)OC)(C(C)C)C(C)C. The van der Waals surface area contributed by atoms with Crippen LogP contribution >= 0.6 is 0 Å². The van der Waals surface area contributed by atoms with Gasteiger partial charge in [-0.1, -0.05) is 33.8 Å². The van der Waals surface area contributed by atoms with Crippen LogP contribution in [0.4, 0.5) is 0 Å². The molecule has 0 aromatic carbocycles. The Morgan fingerprint density at radius 2 is 1.94 bits per heavy atom. The van der Waals surface area contributed by atoms with E-state index in [0.29, 0.717) is 6.54 Å². The molecule has 102 valence electrons. The van der Waals surface area contributed by atoms with E-state index >= 15 is 0 Å². The lowest BCUT2D eigenvalue weighted by Gasteiger charge is -2.33. The van der Waals surface area contributed by atoms with Crippen LogP contribution in [0, 0.1) is 0 Å². The number of esters is 1. The lowest BCUT2D eigenvalue weighted by Crippen LogP contribution is -2.65. The highest BCUT2D eigenvalue weighted by Gasteiger charge is 2.55. The molecular weight excluding hydrogens is 246 g/mol. The second kappa shape index (κ2) is 7.26. The minimum absolute atomic E-state index is 0.136. The van der Waals surface area contributed by atoms with Crippen molar-refractivity contribution in [3.05, 3.63) is 18.2 Å². The second-order valence-corrected chi connectivity index (χ2v) is 9.66. The summed E-state index contributed by atoms with van der Waals surface area (Å²) in [4.78, 5) is 18.4. The Balaban J connectivity index is 5.75. The molecule has 5 nitrogen and oxygen atoms in total. The van der Waals surface area contributed by atoms with Crippen molar-refractivity contribution in [3.8, 4) is 0 Å². The summed E-state index contributed by atoms with van der Waals surface area (Å²) in [5.74, 6) is -0.567. The average molecular weight is 269 g/mol. The fourth-order valence-corrected chi connectivity index (χ4v) is 6.83. The molecule has 0 amide bonds. The fraction of sp³-hybridized carbons (Fsp3) is 0.667. The Morgan fingerprint density at radius 3 is 2.22 bits per heavy atom. The zero-order chi connectivity index (χ0) is 14.3. The van der Waals surface area contributed by atoms with Gasteiger partial charge < -0.3 is 15.3 Å². The smallest absolute Gasteiger partial charge is 0.411 e. The number of rotatable bonds is 7. The van der Waals surface area contributed by atoms with Crippen LogP contribution in [0.25, 0.3) is 5.53 Å². The van der Waals surface area contributed by atoms with Crippen LogP contribution in [-0.4, -0.2) is 38.0 Å². The van der Waals surface area contributed by atoms with E-state index in [1.54, 1.807) is 6.08 Å². The molecule has 0 unspecified atom stereocenters. The molecule has 0 atom stereocenters. The molecule has 0 aromatic rings. The summed E-state index contributed by atoms with van der Waals surface area (Å²) in [6.07, 6.45) is 1.73. The predicted molar refractivity (Wildman–Crippen MR) is 74.8 cm³/mol. The molecule has 0 spiro atoms. The molecule has 0 aliphatic carbocycles. The molecule has 0 aromatic heterocycles. The van der Waals surface area contributed by atoms with Gasteiger partial charge in [0.1, 0.15) is 0 Å². The first kappa shape index (κ1) is 16.8. The summed E-state index contributed by atoms with van der Waals surface area (Å²) in [5.41, 5.74) is 9.58. The minimum Gasteiger partial charge on any atom is -0.461 e. The zero-order valence-corrected chi connectivity index (χ0v) is 12.9. The molecule has 0 aliphatic rings. The molecule has 6 heteroatoms. The lowest BCUT2D eigenvalue weighted by molar-refractivity contribution is -0.136. The molecule has 0 fully saturated rings. The molecule has 0 saturated carbocycles. The van der Waals surface area contributed by atoms with Crippen molar-refractivity contribution in [2.75, 3.05) is 13.7 Å². The Bertz CT molecular complexity index is 352. The first-order chi connectivity index (χ1) is 8.38. The molecule has 0 heterocycles. The van der Waals surface area contributed by atoms with Gasteiger partial charge in [0.15, 0.2) is 0 Å². The average Bonchev–Trinajstić information content (AvgIpc) is 2.32. The number of nitrogens with zero attached hydrogens (tertiary/aromatic N) is 2. The highest BCUT2D eigenvalue weighted by atomic mass is 28.3. The number of carbonyl (C=O) groups excluding carboxylic acids is 1. The molecule has 0 rings (SSSR count). The van der Waals surface area contributed by atoms with Crippen LogP contribution in [0.5, 0.6) is 0 Å². The van der Waals surface area contributed by atoms with Crippen LogP contribution in [0.1, 0.15) is 27.7 Å². The Kier molecular flexibility index (Phi) is 6.76. The first-order valence-electron chi connectivity index (χ1n) is 6.05. The van der Waals surface area contributed by atoms with Crippen molar-refractivity contribution in [2.24, 2.45) is 0 Å². The number of nitrogens with one attached hydrogen (secondary N) is 1. The maximum Gasteiger partial charge on any atom is 0.411 e. The number of carbonyl (C=O) groups is 1. The standard InChI is InChI=1S/C12H23N3O2Si/c1-7-8-14-18(9(2)3,10(4)5)11(15-13)12(16)17-6/h7,9-10,14H,1,8H2,2-6H3. The first-order valence-corrected chi connectivity index (χ1v) is 8.20. The number of hydrogen-bond donors (Lipinski definition) is 1. The summed E-state index contributed by atoms with van der Waals surface area (Å²) in [5, 5.41) is 0.136. The zero-order valence-electron chi connectivity index (χ0n) is 11.9. The molecular formula is C12H23N3O2Si. The quantitative estimate of drug-likeness (QED) is 0.192. The van der Waals surface area contributed by atoms with Crippen molar-refractivity contribution in [1.29, 1.82) is 0 Å². The van der Waals surface area contributed by atoms with Gasteiger partial charge >= 0.3 is 11.3 Å². The van der Waals surface area contributed by atoms with Crippen molar-refractivity contribution < 1.29 is 14.3 Å². The summed E-state index contributed by atoms with van der Waals surface area (Å²) in [7, 11) is -1.19. The molecule has 1 N–H and O–H groups in total. The van der Waals surface area contributed by atoms with Gasteiger partial charge in [-0.3, -0.25) is 0 Å². The molecule has 0 aliphatic heterocycles. The normalized spacial score (nSPS) is 11.3. The van der Waals surface area contributed by atoms with Gasteiger partial charge in [0.25, 0.3) is 8.24 Å². The number of ether oxygens (including phenoxy) is 1. The van der Waals surface area contributed by atoms with Gasteiger partial charge in [-0.25, -0.2) is 4.79 Å². The fourth-order valence-electron chi connectivity index (χ4n) is 2.34. The third kappa shape index (κ3) is 3.16. The van der Waals surface area contributed by atoms with E-state index in [1.165, 1.54) is 7.11 Å². The molecule has 0 radical (unpaired) electrons. The third-order valence-corrected chi connectivity index (χ3v) is 8.75. The Labute approximate surface area is 110 Å². The van der Waals surface area contributed by atoms with Crippen LogP contribution < -0.4 is 4.98 Å². The second-order valence-electron chi connectivity index (χ2n) is 4.79. The maximum atomic E-state index is 11.8. The van der Waals surface area contributed by atoms with Crippen LogP contribution in [0.2, 0.25) is 11.1 Å². The summed E-state index contributed by atoms with van der Waals surface area (Å²) < 4.78 is 4.73. The largest absolute Gasteiger partial charge is 0.461 e. The van der Waals surface area contributed by atoms with Crippen molar-refractivity contribution in [2.45, 2.75) is 38.8 Å². The molecule has 0 bridgehead atoms. The van der Waals surface area contributed by atoms with Gasteiger partial charge in [-0.15, -0.1) is 6.58 Å². The van der Waals surface area contributed by atoms with Gasteiger partial charge in [-0.05, 0) is 11.1 Å². The van der Waals surface area contributed by atoms with Gasteiger partial charge in [-0.2, -0.15) is 4.79 Å². The number of methoxy groups -OCH3 is 1. The number of hydrogen-bond acceptors (Lipinski definition) is 3. The van der Waals surface area contributed by atoms with E-state index in [0.717, 1.165) is 0 Å². The summed E-state index contributed by atoms with van der Waals surface area (Å²) in [6, 6.07) is 0. The van der Waals surface area contributed by atoms with Crippen LogP contribution in [0.3, 0.4) is 0 Å². The molecule has 18 heavy (non-hydrogen) atoms. The highest BCUT2D eigenvalue weighted by molar-refractivity contribution is 7.13. The van der Waals surface area contributed by atoms with E-state index in [2.05, 4.69) is 16.4 Å². The van der Waals surface area contributed by atoms with E-state index in [1.807, 2.05) is 27.7 Å². The van der Waals surface area contributed by atoms with Crippen LogP contribution in [0.15, 0.2) is 12.7 Å². The van der Waals surface area contributed by atoms with Crippen molar-refractivity contribution in [3.63, 3.8) is 0 Å². The lowest BCUT2D eigenvalue weighted by atomic mass is 10.5. The van der Waals surface area contributed by atoms with Gasteiger partial charge in [0, 0.05) is 6.54 Å². The van der Waals surface area contributed by atoms with E-state index < -0.39 is 14.2 Å². The summed E-state index contributed by atoms with van der Waals surface area (Å²) in [6.45, 7) is 12.3. The van der Waals surface area contributed by atoms with Gasteiger partial charge in [0.2, 0.25) is 0 Å².